The van der Waals surface area contributed by atoms with Crippen molar-refractivity contribution in [2.75, 3.05) is 5.32 Å². The number of rotatable bonds is 5. The molecule has 2 heterocycles. The van der Waals surface area contributed by atoms with Gasteiger partial charge in [-0.3, -0.25) is 14.6 Å². The van der Waals surface area contributed by atoms with Crippen molar-refractivity contribution in [3.63, 3.8) is 0 Å². The molecule has 27 heavy (non-hydrogen) atoms. The number of thiophene rings is 1. The number of hydrogen-bond donors (Lipinski definition) is 2. The van der Waals surface area contributed by atoms with Crippen LogP contribution in [0.2, 0.25) is 0 Å². The Morgan fingerprint density at radius 3 is 2.63 bits per heavy atom. The Morgan fingerprint density at radius 2 is 1.93 bits per heavy atom. The molecule has 0 aliphatic heterocycles. The first-order valence-electron chi connectivity index (χ1n) is 8.26. The fourth-order valence-corrected chi connectivity index (χ4v) is 3.19. The van der Waals surface area contributed by atoms with Gasteiger partial charge in [0.15, 0.2) is 0 Å². The van der Waals surface area contributed by atoms with E-state index in [0.717, 1.165) is 11.1 Å². The molecule has 0 bridgehead atoms. The number of nitrogens with one attached hydrogen (secondary N) is 2. The van der Waals surface area contributed by atoms with Crippen LogP contribution >= 0.6 is 11.3 Å². The molecule has 0 radical (unpaired) electrons. The van der Waals surface area contributed by atoms with Crippen molar-refractivity contribution < 1.29 is 9.59 Å². The minimum absolute atomic E-state index is 0.141. The standard InChI is InChI=1S/C20H18N4O2S/c1-13-9-11-27-18(13)20(26)22-16-7-5-6-15(12-16)14(2)23-24-19(25)17-8-3-4-10-21-17/h3-12H,1-2H3,(H,22,26)(H,24,25)/b23-14+. The number of anilines is 1. The van der Waals surface area contributed by atoms with Gasteiger partial charge in [-0.2, -0.15) is 5.10 Å². The van der Waals surface area contributed by atoms with E-state index in [-0.39, 0.29) is 11.8 Å². The van der Waals surface area contributed by atoms with Gasteiger partial charge < -0.3 is 5.32 Å². The molecule has 6 nitrogen and oxygen atoms in total. The summed E-state index contributed by atoms with van der Waals surface area (Å²) in [5.41, 5.74) is 5.79. The number of aromatic nitrogens is 1. The van der Waals surface area contributed by atoms with Crippen molar-refractivity contribution in [1.29, 1.82) is 0 Å². The third-order valence-corrected chi connectivity index (χ3v) is 4.84. The van der Waals surface area contributed by atoms with Crippen LogP contribution < -0.4 is 10.7 Å². The average molecular weight is 378 g/mol. The smallest absolute Gasteiger partial charge is 0.289 e. The Balaban J connectivity index is 1.70. The number of hydrogen-bond acceptors (Lipinski definition) is 5. The molecule has 2 N–H and O–H groups in total. The van der Waals surface area contributed by atoms with Gasteiger partial charge in [-0.1, -0.05) is 18.2 Å². The summed E-state index contributed by atoms with van der Waals surface area (Å²) in [5.74, 6) is -0.523. The van der Waals surface area contributed by atoms with Crippen molar-refractivity contribution in [2.45, 2.75) is 13.8 Å². The van der Waals surface area contributed by atoms with Gasteiger partial charge in [0.2, 0.25) is 0 Å². The summed E-state index contributed by atoms with van der Waals surface area (Å²) < 4.78 is 0. The fourth-order valence-electron chi connectivity index (χ4n) is 2.37. The van der Waals surface area contributed by atoms with E-state index in [1.54, 1.807) is 31.3 Å². The number of pyridine rings is 1. The lowest BCUT2D eigenvalue weighted by Crippen LogP contribution is -2.20. The molecule has 0 spiro atoms. The van der Waals surface area contributed by atoms with Gasteiger partial charge in [-0.15, -0.1) is 11.3 Å². The molecule has 3 aromatic rings. The van der Waals surface area contributed by atoms with Crippen LogP contribution in [-0.4, -0.2) is 22.5 Å². The zero-order chi connectivity index (χ0) is 19.2. The van der Waals surface area contributed by atoms with Gasteiger partial charge in [-0.25, -0.2) is 5.43 Å². The van der Waals surface area contributed by atoms with Gasteiger partial charge in [0.1, 0.15) is 5.69 Å². The van der Waals surface area contributed by atoms with Crippen LogP contribution in [-0.2, 0) is 0 Å². The Bertz CT molecular complexity index is 996. The molecule has 2 aromatic heterocycles. The molecular formula is C20H18N4O2S. The maximum absolute atomic E-state index is 12.4. The molecule has 0 fully saturated rings. The summed E-state index contributed by atoms with van der Waals surface area (Å²) in [7, 11) is 0. The first-order chi connectivity index (χ1) is 13.0. The molecule has 1 aromatic carbocycles. The Morgan fingerprint density at radius 1 is 1.07 bits per heavy atom. The highest BCUT2D eigenvalue weighted by atomic mass is 32.1. The molecule has 7 heteroatoms. The van der Waals surface area contributed by atoms with Crippen LogP contribution in [0, 0.1) is 6.92 Å². The first kappa shape index (κ1) is 18.5. The van der Waals surface area contributed by atoms with Crippen molar-refractivity contribution in [1.82, 2.24) is 10.4 Å². The second-order valence-electron chi connectivity index (χ2n) is 5.82. The van der Waals surface area contributed by atoms with Crippen molar-refractivity contribution >= 4 is 34.6 Å². The molecule has 136 valence electrons. The minimum atomic E-state index is -0.382. The molecule has 0 saturated heterocycles. The van der Waals surface area contributed by atoms with Crippen LogP contribution in [0.1, 0.15) is 38.2 Å². The topological polar surface area (TPSA) is 83.4 Å². The van der Waals surface area contributed by atoms with Gasteiger partial charge in [0.05, 0.1) is 10.6 Å². The van der Waals surface area contributed by atoms with Crippen LogP contribution in [0.3, 0.4) is 0 Å². The highest BCUT2D eigenvalue weighted by Gasteiger charge is 2.11. The van der Waals surface area contributed by atoms with Gasteiger partial charge >= 0.3 is 0 Å². The molecular weight excluding hydrogens is 360 g/mol. The van der Waals surface area contributed by atoms with Crippen molar-refractivity contribution in [3.8, 4) is 0 Å². The zero-order valence-corrected chi connectivity index (χ0v) is 15.7. The van der Waals surface area contributed by atoms with Crippen molar-refractivity contribution in [3.05, 3.63) is 81.8 Å². The van der Waals surface area contributed by atoms with Gasteiger partial charge in [0, 0.05) is 11.9 Å². The number of nitrogens with zero attached hydrogens (tertiary/aromatic N) is 2. The summed E-state index contributed by atoms with van der Waals surface area (Å²) in [6.07, 6.45) is 1.55. The molecule has 3 rings (SSSR count). The highest BCUT2D eigenvalue weighted by molar-refractivity contribution is 7.12. The maximum atomic E-state index is 12.4. The summed E-state index contributed by atoms with van der Waals surface area (Å²) >= 11 is 1.41. The second kappa shape index (κ2) is 8.37. The summed E-state index contributed by atoms with van der Waals surface area (Å²) in [5, 5.41) is 8.90. The van der Waals surface area contributed by atoms with E-state index in [4.69, 9.17) is 0 Å². The minimum Gasteiger partial charge on any atom is -0.321 e. The fraction of sp³-hybridized carbons (Fsp3) is 0.100. The van der Waals surface area contributed by atoms with E-state index in [0.29, 0.717) is 22.0 Å². The SMILES string of the molecule is C/C(=N\NC(=O)c1ccccn1)c1cccc(NC(=O)c2sccc2C)c1. The van der Waals surface area contributed by atoms with E-state index >= 15 is 0 Å². The monoisotopic (exact) mass is 378 g/mol. The largest absolute Gasteiger partial charge is 0.321 e. The highest BCUT2D eigenvalue weighted by Crippen LogP contribution is 2.18. The second-order valence-corrected chi connectivity index (χ2v) is 6.74. The van der Waals surface area contributed by atoms with Crippen LogP contribution in [0.5, 0.6) is 0 Å². The van der Waals surface area contributed by atoms with Crippen LogP contribution in [0.15, 0.2) is 65.2 Å². The summed E-state index contributed by atoms with van der Waals surface area (Å²) in [6.45, 7) is 3.69. The summed E-state index contributed by atoms with van der Waals surface area (Å²) in [6, 6.07) is 14.3. The van der Waals surface area contributed by atoms with E-state index in [2.05, 4.69) is 20.8 Å². The summed E-state index contributed by atoms with van der Waals surface area (Å²) in [4.78, 5) is 29.0. The van der Waals surface area contributed by atoms with Gasteiger partial charge in [0.25, 0.3) is 11.8 Å². The number of hydrazone groups is 1. The molecule has 0 unspecified atom stereocenters. The van der Waals surface area contributed by atoms with E-state index in [9.17, 15) is 9.59 Å². The maximum Gasteiger partial charge on any atom is 0.289 e. The number of carbonyl (C=O) groups is 2. The lowest BCUT2D eigenvalue weighted by molar-refractivity contribution is 0.0949. The van der Waals surface area contributed by atoms with Crippen LogP contribution in [0.25, 0.3) is 0 Å². The lowest BCUT2D eigenvalue weighted by atomic mass is 10.1. The number of amides is 2. The Kier molecular flexibility index (Phi) is 5.73. The quantitative estimate of drug-likeness (QED) is 0.522. The third kappa shape index (κ3) is 4.65. The van der Waals surface area contributed by atoms with Crippen molar-refractivity contribution in [2.24, 2.45) is 5.10 Å². The van der Waals surface area contributed by atoms with E-state index in [1.807, 2.05) is 42.6 Å². The molecule has 2 amide bonds. The molecule has 0 atom stereocenters. The molecule has 0 aliphatic rings. The average Bonchev–Trinajstić information content (AvgIpc) is 3.12. The third-order valence-electron chi connectivity index (χ3n) is 3.83. The van der Waals surface area contributed by atoms with E-state index < -0.39 is 0 Å². The Hall–Kier alpha value is -3.32. The number of benzene rings is 1. The van der Waals surface area contributed by atoms with Gasteiger partial charge in [-0.05, 0) is 60.7 Å². The first-order valence-corrected chi connectivity index (χ1v) is 9.14. The molecule has 0 saturated carbocycles. The van der Waals surface area contributed by atoms with Crippen LogP contribution in [0.4, 0.5) is 5.69 Å². The zero-order valence-electron chi connectivity index (χ0n) is 14.9. The normalized spacial score (nSPS) is 11.1. The lowest BCUT2D eigenvalue weighted by Gasteiger charge is -2.07. The molecule has 0 aliphatic carbocycles. The predicted molar refractivity (Wildman–Crippen MR) is 107 cm³/mol. The van der Waals surface area contributed by atoms with E-state index in [1.165, 1.54) is 11.3 Å². The number of carbonyl (C=O) groups excluding carboxylic acids is 2. The Labute approximate surface area is 161 Å². The predicted octanol–water partition coefficient (Wildman–Crippen LogP) is 3.86. The number of aryl methyl sites for hydroxylation is 1.